The lowest BCUT2D eigenvalue weighted by Crippen LogP contribution is -2.25. The van der Waals surface area contributed by atoms with Crippen LogP contribution in [0, 0.1) is 0 Å². The van der Waals surface area contributed by atoms with Crippen molar-refractivity contribution in [2.45, 2.75) is 11.7 Å². The smallest absolute Gasteiger partial charge is 0.262 e. The van der Waals surface area contributed by atoms with Gasteiger partial charge in [0.15, 0.2) is 5.16 Å². The van der Waals surface area contributed by atoms with Gasteiger partial charge < -0.3 is 4.74 Å². The summed E-state index contributed by atoms with van der Waals surface area (Å²) in [5, 5.41) is 1.38. The van der Waals surface area contributed by atoms with Gasteiger partial charge in [0.1, 0.15) is 0 Å². The molecule has 2 rings (SSSR count). The van der Waals surface area contributed by atoms with Gasteiger partial charge in [0, 0.05) is 7.11 Å². The first-order valence-corrected chi connectivity index (χ1v) is 6.53. The summed E-state index contributed by atoms with van der Waals surface area (Å²) in [6.45, 7) is 1.04. The van der Waals surface area contributed by atoms with Gasteiger partial charge in [-0.2, -0.15) is 0 Å². The molecular formula is C12H14N2O2S. The zero-order chi connectivity index (χ0) is 12.3. The Morgan fingerprint density at radius 3 is 2.88 bits per heavy atom. The van der Waals surface area contributed by atoms with Crippen LogP contribution in [0.1, 0.15) is 0 Å². The van der Waals surface area contributed by atoms with Gasteiger partial charge >= 0.3 is 0 Å². The first kappa shape index (κ1) is 12.1. The highest BCUT2D eigenvalue weighted by atomic mass is 32.2. The summed E-state index contributed by atoms with van der Waals surface area (Å²) in [7, 11) is 1.62. The van der Waals surface area contributed by atoms with Crippen molar-refractivity contribution < 1.29 is 4.74 Å². The number of aromatic nitrogens is 2. The van der Waals surface area contributed by atoms with E-state index in [0.29, 0.717) is 18.5 Å². The number of rotatable bonds is 4. The molecule has 2 aromatic rings. The Hall–Kier alpha value is -1.33. The fourth-order valence-electron chi connectivity index (χ4n) is 1.68. The van der Waals surface area contributed by atoms with Crippen molar-refractivity contribution in [3.05, 3.63) is 34.6 Å². The molecule has 0 bridgehead atoms. The van der Waals surface area contributed by atoms with Crippen LogP contribution >= 0.6 is 11.8 Å². The maximum atomic E-state index is 12.3. The standard InChI is InChI=1S/C12H14N2O2S/c1-16-8-7-14-11(15)9-5-3-4-6-10(9)13-12(14)17-2/h3-6H,7-8H2,1-2H3. The third-order valence-corrected chi connectivity index (χ3v) is 3.21. The van der Waals surface area contributed by atoms with Crippen LogP contribution in [0.5, 0.6) is 0 Å². The van der Waals surface area contributed by atoms with Crippen LogP contribution in [-0.4, -0.2) is 29.5 Å². The van der Waals surface area contributed by atoms with Crippen molar-refractivity contribution in [1.29, 1.82) is 0 Å². The number of hydrogen-bond donors (Lipinski definition) is 0. The lowest BCUT2D eigenvalue weighted by Gasteiger charge is -2.10. The molecule has 0 fully saturated rings. The van der Waals surface area contributed by atoms with Gasteiger partial charge in [-0.25, -0.2) is 4.98 Å². The minimum atomic E-state index is -0.00278. The molecule has 1 aromatic carbocycles. The molecule has 1 heterocycles. The Balaban J connectivity index is 2.63. The molecule has 0 N–H and O–H groups in total. The van der Waals surface area contributed by atoms with Crippen molar-refractivity contribution in [2.75, 3.05) is 20.0 Å². The van der Waals surface area contributed by atoms with Crippen molar-refractivity contribution in [3.63, 3.8) is 0 Å². The lowest BCUT2D eigenvalue weighted by molar-refractivity contribution is 0.183. The molecule has 5 heteroatoms. The largest absolute Gasteiger partial charge is 0.383 e. The van der Waals surface area contributed by atoms with Gasteiger partial charge in [0.05, 0.1) is 24.1 Å². The topological polar surface area (TPSA) is 44.1 Å². The van der Waals surface area contributed by atoms with Crippen molar-refractivity contribution in [1.82, 2.24) is 9.55 Å². The van der Waals surface area contributed by atoms with Crippen molar-refractivity contribution in [3.8, 4) is 0 Å². The van der Waals surface area contributed by atoms with Gasteiger partial charge in [-0.05, 0) is 18.4 Å². The van der Waals surface area contributed by atoms with E-state index in [1.54, 1.807) is 17.7 Å². The van der Waals surface area contributed by atoms with Gasteiger partial charge in [-0.3, -0.25) is 9.36 Å². The van der Waals surface area contributed by atoms with Crippen LogP contribution in [0.15, 0.2) is 34.2 Å². The summed E-state index contributed by atoms with van der Waals surface area (Å²) < 4.78 is 6.68. The molecule has 0 aliphatic rings. The Bertz CT molecular complexity index is 580. The zero-order valence-corrected chi connectivity index (χ0v) is 10.7. The van der Waals surface area contributed by atoms with Gasteiger partial charge in [-0.1, -0.05) is 23.9 Å². The second-order valence-corrected chi connectivity index (χ2v) is 4.34. The van der Waals surface area contributed by atoms with E-state index in [-0.39, 0.29) is 5.56 Å². The van der Waals surface area contributed by atoms with Gasteiger partial charge in [0.2, 0.25) is 0 Å². The third-order valence-electron chi connectivity index (χ3n) is 2.53. The number of hydrogen-bond acceptors (Lipinski definition) is 4. The maximum Gasteiger partial charge on any atom is 0.262 e. The average Bonchev–Trinajstić information content (AvgIpc) is 2.37. The third kappa shape index (κ3) is 2.35. The predicted molar refractivity (Wildman–Crippen MR) is 69.7 cm³/mol. The van der Waals surface area contributed by atoms with E-state index in [4.69, 9.17) is 4.74 Å². The molecule has 0 spiro atoms. The van der Waals surface area contributed by atoms with Crippen molar-refractivity contribution in [2.24, 2.45) is 0 Å². The molecule has 0 saturated heterocycles. The number of para-hydroxylation sites is 1. The Morgan fingerprint density at radius 2 is 2.18 bits per heavy atom. The number of nitrogens with zero attached hydrogens (tertiary/aromatic N) is 2. The second-order valence-electron chi connectivity index (χ2n) is 3.57. The summed E-state index contributed by atoms with van der Waals surface area (Å²) in [5.74, 6) is 0. The zero-order valence-electron chi connectivity index (χ0n) is 9.84. The van der Waals surface area contributed by atoms with Crippen molar-refractivity contribution >= 4 is 22.7 Å². The molecule has 0 unspecified atom stereocenters. The Morgan fingerprint density at radius 1 is 1.41 bits per heavy atom. The molecule has 1 aromatic heterocycles. The van der Waals surface area contributed by atoms with E-state index in [1.807, 2.05) is 24.5 Å². The first-order valence-electron chi connectivity index (χ1n) is 5.30. The second kappa shape index (κ2) is 5.33. The van der Waals surface area contributed by atoms with Crippen LogP contribution in [0.3, 0.4) is 0 Å². The molecule has 0 atom stereocenters. The molecule has 0 saturated carbocycles. The summed E-state index contributed by atoms with van der Waals surface area (Å²) in [4.78, 5) is 16.7. The minimum absolute atomic E-state index is 0.00278. The van der Waals surface area contributed by atoms with Crippen LogP contribution in [0.25, 0.3) is 10.9 Å². The predicted octanol–water partition coefficient (Wildman–Crippen LogP) is 1.76. The highest BCUT2D eigenvalue weighted by Gasteiger charge is 2.09. The molecule has 17 heavy (non-hydrogen) atoms. The molecule has 0 radical (unpaired) electrons. The van der Waals surface area contributed by atoms with E-state index >= 15 is 0 Å². The van der Waals surface area contributed by atoms with E-state index in [2.05, 4.69) is 4.98 Å². The first-order chi connectivity index (χ1) is 8.27. The normalized spacial score (nSPS) is 10.9. The number of thioether (sulfide) groups is 1. The monoisotopic (exact) mass is 250 g/mol. The molecule has 4 nitrogen and oxygen atoms in total. The summed E-state index contributed by atoms with van der Waals surface area (Å²) in [5.41, 5.74) is 0.743. The number of ether oxygens (including phenoxy) is 1. The fraction of sp³-hybridized carbons (Fsp3) is 0.333. The van der Waals surface area contributed by atoms with E-state index in [9.17, 15) is 4.79 Å². The molecule has 0 aliphatic carbocycles. The molecule has 90 valence electrons. The van der Waals surface area contributed by atoms with Gasteiger partial charge in [-0.15, -0.1) is 0 Å². The van der Waals surface area contributed by atoms with E-state index in [1.165, 1.54) is 11.8 Å². The Labute approximate surface area is 104 Å². The minimum Gasteiger partial charge on any atom is -0.383 e. The average molecular weight is 250 g/mol. The summed E-state index contributed by atoms with van der Waals surface area (Å²) in [6.07, 6.45) is 1.92. The highest BCUT2D eigenvalue weighted by Crippen LogP contribution is 2.14. The molecule has 0 amide bonds. The van der Waals surface area contributed by atoms with Crippen LogP contribution in [0.2, 0.25) is 0 Å². The van der Waals surface area contributed by atoms with E-state index in [0.717, 1.165) is 10.7 Å². The van der Waals surface area contributed by atoms with Crippen LogP contribution < -0.4 is 5.56 Å². The van der Waals surface area contributed by atoms with Gasteiger partial charge in [0.25, 0.3) is 5.56 Å². The summed E-state index contributed by atoms with van der Waals surface area (Å²) in [6, 6.07) is 7.40. The van der Waals surface area contributed by atoms with E-state index < -0.39 is 0 Å². The lowest BCUT2D eigenvalue weighted by atomic mass is 10.2. The number of methoxy groups -OCH3 is 1. The summed E-state index contributed by atoms with van der Waals surface area (Å²) >= 11 is 1.47. The Kier molecular flexibility index (Phi) is 3.81. The van der Waals surface area contributed by atoms with Crippen LogP contribution in [0.4, 0.5) is 0 Å². The molecular weight excluding hydrogens is 236 g/mol. The number of fused-ring (bicyclic) bond motifs is 1. The SMILES string of the molecule is COCCn1c(SC)nc2ccccc2c1=O. The quantitative estimate of drug-likeness (QED) is 0.612. The van der Waals surface area contributed by atoms with Crippen LogP contribution in [-0.2, 0) is 11.3 Å². The number of benzene rings is 1. The molecule has 0 aliphatic heterocycles. The highest BCUT2D eigenvalue weighted by molar-refractivity contribution is 7.98. The maximum absolute atomic E-state index is 12.3. The fourth-order valence-corrected chi connectivity index (χ4v) is 2.27.